The second kappa shape index (κ2) is 13.9. The normalized spacial score (nSPS) is 17.2. The fourth-order valence-electron chi connectivity index (χ4n) is 4.86. The van der Waals surface area contributed by atoms with Crippen LogP contribution >= 0.6 is 0 Å². The van der Waals surface area contributed by atoms with Crippen LogP contribution in [0.25, 0.3) is 5.57 Å². The van der Waals surface area contributed by atoms with E-state index in [1.807, 2.05) is 13.8 Å². The van der Waals surface area contributed by atoms with Gasteiger partial charge < -0.3 is 10.1 Å². The van der Waals surface area contributed by atoms with Crippen LogP contribution in [0.5, 0.6) is 5.75 Å². The van der Waals surface area contributed by atoms with Crippen molar-refractivity contribution >= 4 is 27.1 Å². The van der Waals surface area contributed by atoms with E-state index in [1.165, 1.54) is 36.5 Å². The van der Waals surface area contributed by atoms with E-state index in [1.54, 1.807) is 6.07 Å². The number of sulfone groups is 1. The van der Waals surface area contributed by atoms with Crippen LogP contribution in [0.4, 0.5) is 26.3 Å². The standard InChI is InChI=1S/C31H36F6N2O5S/c1-19(2)21-6-11-27(38-15-21)25(26(20(3)40)16-39-28(41)22-17-45(42,43)18-22)14-29(4,31(35,36)37)23-7-9-24(10-8-23)44-13-5-12-30(32,33)34/h6-11,15,19,22H,5,12-14,16-18H2,1-4H3,(H,39,41)/b26-25+/t29-/m1/s1. The lowest BCUT2D eigenvalue weighted by atomic mass is 9.74. The molecule has 1 amide bonds. The predicted octanol–water partition coefficient (Wildman–Crippen LogP) is 6.34. The first-order valence-corrected chi connectivity index (χ1v) is 16.1. The molecule has 2 heterocycles. The summed E-state index contributed by atoms with van der Waals surface area (Å²) in [5.41, 5.74) is -2.03. The number of hydrogen-bond donors (Lipinski definition) is 1. The van der Waals surface area contributed by atoms with Gasteiger partial charge in [0.25, 0.3) is 0 Å². The van der Waals surface area contributed by atoms with Gasteiger partial charge in [-0.15, -0.1) is 0 Å². The Kier molecular flexibility index (Phi) is 11.2. The number of nitrogens with zero attached hydrogens (tertiary/aromatic N) is 1. The molecule has 1 saturated heterocycles. The van der Waals surface area contributed by atoms with Gasteiger partial charge in [0.1, 0.15) is 5.75 Å². The zero-order chi connectivity index (χ0) is 33.8. The highest BCUT2D eigenvalue weighted by molar-refractivity contribution is 7.92. The van der Waals surface area contributed by atoms with Crippen molar-refractivity contribution in [2.45, 2.75) is 70.6 Å². The third kappa shape index (κ3) is 9.54. The number of allylic oxidation sites excluding steroid dienone is 1. The summed E-state index contributed by atoms with van der Waals surface area (Å²) in [6.45, 7) is 5.23. The molecule has 2 aromatic rings. The molecular weight excluding hydrogens is 626 g/mol. The second-order valence-electron chi connectivity index (χ2n) is 11.7. The number of ether oxygens (including phenoxy) is 1. The fourth-order valence-corrected chi connectivity index (χ4v) is 6.29. The van der Waals surface area contributed by atoms with Gasteiger partial charge in [-0.1, -0.05) is 32.0 Å². The number of pyridine rings is 1. The van der Waals surface area contributed by atoms with E-state index in [4.69, 9.17) is 4.74 Å². The molecule has 45 heavy (non-hydrogen) atoms. The van der Waals surface area contributed by atoms with E-state index in [0.29, 0.717) is 0 Å². The van der Waals surface area contributed by atoms with Crippen molar-refractivity contribution in [3.05, 3.63) is 65.0 Å². The molecule has 3 rings (SSSR count). The first-order valence-electron chi connectivity index (χ1n) is 14.3. The lowest BCUT2D eigenvalue weighted by Crippen LogP contribution is -2.47. The highest BCUT2D eigenvalue weighted by Gasteiger charge is 2.53. The molecule has 0 unspecified atom stereocenters. The molecule has 0 saturated carbocycles. The van der Waals surface area contributed by atoms with Crippen molar-refractivity contribution < 1.29 is 49.1 Å². The minimum absolute atomic E-state index is 0.0494. The van der Waals surface area contributed by atoms with Gasteiger partial charge in [-0.2, -0.15) is 26.3 Å². The van der Waals surface area contributed by atoms with E-state index >= 15 is 0 Å². The van der Waals surface area contributed by atoms with Crippen LogP contribution in [0.15, 0.2) is 48.2 Å². The van der Waals surface area contributed by atoms with Crippen LogP contribution in [0.3, 0.4) is 0 Å². The Morgan fingerprint density at radius 2 is 1.64 bits per heavy atom. The summed E-state index contributed by atoms with van der Waals surface area (Å²) < 4.78 is 110. The van der Waals surface area contributed by atoms with Crippen LogP contribution in [0, 0.1) is 5.92 Å². The van der Waals surface area contributed by atoms with Crippen molar-refractivity contribution in [3.63, 3.8) is 0 Å². The average molecular weight is 663 g/mol. The number of halogens is 6. The van der Waals surface area contributed by atoms with E-state index in [-0.39, 0.29) is 58.6 Å². The summed E-state index contributed by atoms with van der Waals surface area (Å²) in [6.07, 6.45) is -9.82. The van der Waals surface area contributed by atoms with Crippen LogP contribution < -0.4 is 10.1 Å². The van der Waals surface area contributed by atoms with Crippen molar-refractivity contribution in [1.29, 1.82) is 0 Å². The summed E-state index contributed by atoms with van der Waals surface area (Å²) in [5, 5.41) is 2.51. The summed E-state index contributed by atoms with van der Waals surface area (Å²) in [6, 6.07) is 8.04. The van der Waals surface area contributed by atoms with Crippen molar-refractivity contribution in [2.24, 2.45) is 5.92 Å². The molecule has 1 aromatic carbocycles. The number of alkyl halides is 6. The van der Waals surface area contributed by atoms with Gasteiger partial charge in [0, 0.05) is 24.7 Å². The third-order valence-corrected chi connectivity index (χ3v) is 9.61. The fraction of sp³-hybridized carbons (Fsp3) is 0.516. The number of benzene rings is 1. The van der Waals surface area contributed by atoms with Crippen LogP contribution in [-0.4, -0.2) is 62.1 Å². The number of rotatable bonds is 13. The van der Waals surface area contributed by atoms with Gasteiger partial charge in [0.2, 0.25) is 5.91 Å². The number of ketones is 1. The monoisotopic (exact) mass is 662 g/mol. The van der Waals surface area contributed by atoms with Gasteiger partial charge in [-0.05, 0) is 67.5 Å². The largest absolute Gasteiger partial charge is 0.494 e. The molecule has 1 N–H and O–H groups in total. The lowest BCUT2D eigenvalue weighted by Gasteiger charge is -2.34. The Labute approximate surface area is 258 Å². The van der Waals surface area contributed by atoms with Crippen molar-refractivity contribution in [3.8, 4) is 5.75 Å². The summed E-state index contributed by atoms with van der Waals surface area (Å²) in [5.74, 6) is -2.58. The van der Waals surface area contributed by atoms with E-state index in [9.17, 15) is 44.3 Å². The number of Topliss-reactive ketones (excluding diaryl/α,β-unsaturated/α-hetero) is 1. The van der Waals surface area contributed by atoms with Crippen LogP contribution in [0.2, 0.25) is 0 Å². The molecule has 0 aliphatic carbocycles. The van der Waals surface area contributed by atoms with Gasteiger partial charge in [-0.3, -0.25) is 14.6 Å². The molecule has 1 aliphatic heterocycles. The summed E-state index contributed by atoms with van der Waals surface area (Å²) in [4.78, 5) is 29.9. The minimum Gasteiger partial charge on any atom is -0.494 e. The van der Waals surface area contributed by atoms with E-state index < -0.39 is 64.6 Å². The second-order valence-corrected chi connectivity index (χ2v) is 13.9. The van der Waals surface area contributed by atoms with E-state index in [0.717, 1.165) is 19.4 Å². The Morgan fingerprint density at radius 3 is 2.11 bits per heavy atom. The molecule has 0 bridgehead atoms. The molecule has 7 nitrogen and oxygen atoms in total. The zero-order valence-corrected chi connectivity index (χ0v) is 26.1. The topological polar surface area (TPSA) is 102 Å². The molecule has 1 aliphatic rings. The van der Waals surface area contributed by atoms with Crippen LogP contribution in [-0.2, 0) is 24.8 Å². The Morgan fingerprint density at radius 1 is 1.02 bits per heavy atom. The number of nitrogens with one attached hydrogen (secondary N) is 1. The Hall–Kier alpha value is -3.42. The predicted molar refractivity (Wildman–Crippen MR) is 156 cm³/mol. The van der Waals surface area contributed by atoms with Gasteiger partial charge in [0.05, 0.1) is 35.1 Å². The SMILES string of the molecule is CC(=O)/C(CNC(=O)C1CS(=O)(=O)C1)=C(\C[C@](C)(c1ccc(OCCCC(F)(F)F)cc1)C(F)(F)F)c1ccc(C(C)C)cn1. The number of carbonyl (C=O) groups is 2. The van der Waals surface area contributed by atoms with Crippen molar-refractivity contribution in [2.75, 3.05) is 24.7 Å². The van der Waals surface area contributed by atoms with Crippen molar-refractivity contribution in [1.82, 2.24) is 10.3 Å². The zero-order valence-electron chi connectivity index (χ0n) is 25.3. The summed E-state index contributed by atoms with van der Waals surface area (Å²) >= 11 is 0. The Bertz CT molecular complexity index is 1490. The molecular formula is C31H36F6N2O5S. The van der Waals surface area contributed by atoms with Gasteiger partial charge >= 0.3 is 12.4 Å². The highest BCUT2D eigenvalue weighted by Crippen LogP contribution is 2.47. The average Bonchev–Trinajstić information content (AvgIpc) is 2.92. The molecule has 0 spiro atoms. The number of hydrogen-bond acceptors (Lipinski definition) is 6. The maximum absolute atomic E-state index is 14.9. The number of aromatic nitrogens is 1. The maximum Gasteiger partial charge on any atom is 0.398 e. The van der Waals surface area contributed by atoms with Crippen LogP contribution in [0.1, 0.15) is 69.7 Å². The molecule has 1 fully saturated rings. The lowest BCUT2D eigenvalue weighted by molar-refractivity contribution is -0.184. The smallest absolute Gasteiger partial charge is 0.398 e. The number of amides is 1. The van der Waals surface area contributed by atoms with Gasteiger partial charge in [-0.25, -0.2) is 8.42 Å². The first kappa shape index (κ1) is 36.1. The number of carbonyl (C=O) groups excluding carboxylic acids is 2. The summed E-state index contributed by atoms with van der Waals surface area (Å²) in [7, 11) is -3.32. The Balaban J connectivity index is 2.00. The van der Waals surface area contributed by atoms with Gasteiger partial charge in [0.15, 0.2) is 15.6 Å². The molecule has 0 radical (unpaired) electrons. The maximum atomic E-state index is 14.9. The molecule has 1 atom stereocenters. The molecule has 14 heteroatoms. The first-order chi connectivity index (χ1) is 20.7. The quantitative estimate of drug-likeness (QED) is 0.153. The molecule has 1 aromatic heterocycles. The minimum atomic E-state index is -4.85. The third-order valence-electron chi connectivity index (χ3n) is 7.79. The van der Waals surface area contributed by atoms with E-state index in [2.05, 4.69) is 10.3 Å². The molecule has 248 valence electrons. The highest BCUT2D eigenvalue weighted by atomic mass is 32.2.